The molecule has 1 saturated heterocycles. The molecule has 8 nitrogen and oxygen atoms in total. The summed E-state index contributed by atoms with van der Waals surface area (Å²) in [6.07, 6.45) is 0. The number of ether oxygens (including phenoxy) is 1. The minimum atomic E-state index is -2.47. The van der Waals surface area contributed by atoms with Gasteiger partial charge in [0.05, 0.1) is 17.7 Å². The molecule has 1 heterocycles. The summed E-state index contributed by atoms with van der Waals surface area (Å²) in [5.41, 5.74) is 0.745. The number of nitrogens with zero attached hydrogens (tertiary/aromatic N) is 3. The van der Waals surface area contributed by atoms with Crippen molar-refractivity contribution in [2.24, 2.45) is 0 Å². The third kappa shape index (κ3) is 6.83. The molecule has 3 rings (SSSR count). The maximum atomic E-state index is 14.7. The largest absolute Gasteiger partial charge is 0.465 e. The highest BCUT2D eigenvalue weighted by atomic mass is 35.5. The smallest absolute Gasteiger partial charge is 0.337 e. The molecule has 2 atom stereocenters. The van der Waals surface area contributed by atoms with Crippen LogP contribution in [0.15, 0.2) is 36.4 Å². The SMILES string of the molecule is COC(=O)c1ccc(CN(CC(c2ccc(F)c(Cl)c2)N2CCN(C(C)=O)CC2)S(=O)O)c(F)c1. The van der Waals surface area contributed by atoms with E-state index in [-0.39, 0.29) is 35.1 Å². The number of carbonyl (C=O) groups is 2. The average Bonchev–Trinajstić information content (AvgIpc) is 2.83. The molecule has 190 valence electrons. The van der Waals surface area contributed by atoms with Crippen LogP contribution in [-0.2, 0) is 27.3 Å². The lowest BCUT2D eigenvalue weighted by Gasteiger charge is -2.40. The Morgan fingerprint density at radius 2 is 1.83 bits per heavy atom. The van der Waals surface area contributed by atoms with E-state index < -0.39 is 34.9 Å². The van der Waals surface area contributed by atoms with Crippen LogP contribution < -0.4 is 0 Å². The number of carbonyl (C=O) groups excluding carboxylic acids is 2. The monoisotopic (exact) mass is 529 g/mol. The molecule has 0 saturated carbocycles. The zero-order valence-corrected chi connectivity index (χ0v) is 20.8. The van der Waals surface area contributed by atoms with Gasteiger partial charge < -0.3 is 9.64 Å². The quantitative estimate of drug-likeness (QED) is 0.417. The maximum Gasteiger partial charge on any atom is 0.337 e. The number of piperazine rings is 1. The highest BCUT2D eigenvalue weighted by Gasteiger charge is 2.30. The Morgan fingerprint density at radius 3 is 2.37 bits per heavy atom. The molecule has 0 aliphatic carbocycles. The molecular weight excluding hydrogens is 504 g/mol. The average molecular weight is 530 g/mol. The Hall–Kier alpha value is -2.44. The van der Waals surface area contributed by atoms with Gasteiger partial charge in [0.15, 0.2) is 0 Å². The molecule has 0 aromatic heterocycles. The normalized spacial score (nSPS) is 16.3. The molecule has 0 spiro atoms. The highest BCUT2D eigenvalue weighted by molar-refractivity contribution is 7.76. The molecule has 0 radical (unpaired) electrons. The number of benzene rings is 2. The van der Waals surface area contributed by atoms with Crippen LogP contribution in [0, 0.1) is 11.6 Å². The van der Waals surface area contributed by atoms with Crippen LogP contribution in [-0.4, -0.2) is 74.6 Å². The van der Waals surface area contributed by atoms with Crippen LogP contribution in [0.3, 0.4) is 0 Å². The fourth-order valence-electron chi connectivity index (χ4n) is 3.99. The fraction of sp³-hybridized carbons (Fsp3) is 0.391. The molecule has 0 bridgehead atoms. The van der Waals surface area contributed by atoms with Crippen LogP contribution in [0.25, 0.3) is 0 Å². The van der Waals surface area contributed by atoms with Crippen molar-refractivity contribution in [3.05, 3.63) is 69.7 Å². The van der Waals surface area contributed by atoms with Gasteiger partial charge in [-0.3, -0.25) is 14.2 Å². The number of esters is 1. The van der Waals surface area contributed by atoms with Gasteiger partial charge in [-0.05, 0) is 29.8 Å². The summed E-state index contributed by atoms with van der Waals surface area (Å²) in [5.74, 6) is -2.06. The highest BCUT2D eigenvalue weighted by Crippen LogP contribution is 2.28. The summed E-state index contributed by atoms with van der Waals surface area (Å²) in [4.78, 5) is 27.1. The summed E-state index contributed by atoms with van der Waals surface area (Å²) in [7, 11) is 1.18. The van der Waals surface area contributed by atoms with E-state index in [9.17, 15) is 27.1 Å². The van der Waals surface area contributed by atoms with Gasteiger partial charge in [0.1, 0.15) is 11.6 Å². The van der Waals surface area contributed by atoms with Crippen LogP contribution in [0.4, 0.5) is 8.78 Å². The Kier molecular flexibility index (Phi) is 9.31. The topological polar surface area (TPSA) is 90.4 Å². The predicted molar refractivity (Wildman–Crippen MR) is 127 cm³/mol. The second kappa shape index (κ2) is 12.0. The van der Waals surface area contributed by atoms with Crippen LogP contribution in [0.2, 0.25) is 5.02 Å². The third-order valence-corrected chi connectivity index (χ3v) is 6.96. The van der Waals surface area contributed by atoms with E-state index in [1.54, 1.807) is 11.0 Å². The van der Waals surface area contributed by atoms with Crippen molar-refractivity contribution in [3.8, 4) is 0 Å². The molecule has 2 unspecified atom stereocenters. The van der Waals surface area contributed by atoms with Gasteiger partial charge in [0.2, 0.25) is 17.2 Å². The Bertz CT molecular complexity index is 1110. The van der Waals surface area contributed by atoms with E-state index in [0.717, 1.165) is 10.4 Å². The summed E-state index contributed by atoms with van der Waals surface area (Å²) >= 11 is 3.53. The Morgan fingerprint density at radius 1 is 1.14 bits per heavy atom. The molecule has 2 aromatic carbocycles. The van der Waals surface area contributed by atoms with Crippen LogP contribution in [0.5, 0.6) is 0 Å². The van der Waals surface area contributed by atoms with E-state index in [2.05, 4.69) is 4.74 Å². The number of hydrogen-bond donors (Lipinski definition) is 1. The molecule has 1 aliphatic rings. The first kappa shape index (κ1) is 27.2. The first-order valence-corrected chi connectivity index (χ1v) is 12.2. The minimum absolute atomic E-state index is 0.0106. The van der Waals surface area contributed by atoms with Gasteiger partial charge in [0.25, 0.3) is 0 Å². The summed E-state index contributed by atoms with van der Waals surface area (Å²) in [6.45, 7) is 3.14. The Labute approximate surface area is 209 Å². The van der Waals surface area contributed by atoms with Crippen molar-refractivity contribution in [2.45, 2.75) is 19.5 Å². The molecule has 2 aromatic rings. The maximum absolute atomic E-state index is 14.7. The molecule has 1 fully saturated rings. The Balaban J connectivity index is 1.87. The summed E-state index contributed by atoms with van der Waals surface area (Å²) in [5, 5.41) is -0.0870. The lowest BCUT2D eigenvalue weighted by atomic mass is 10.0. The second-order valence-electron chi connectivity index (χ2n) is 8.08. The first-order valence-electron chi connectivity index (χ1n) is 10.8. The van der Waals surface area contributed by atoms with E-state index in [4.69, 9.17) is 11.6 Å². The summed E-state index contributed by atoms with van der Waals surface area (Å²) in [6, 6.07) is 7.49. The molecular formula is C23H26ClF2N3O5S. The summed E-state index contributed by atoms with van der Waals surface area (Å²) < 4.78 is 56.5. The van der Waals surface area contributed by atoms with E-state index in [1.807, 2.05) is 4.90 Å². The predicted octanol–water partition coefficient (Wildman–Crippen LogP) is 3.25. The van der Waals surface area contributed by atoms with E-state index in [1.165, 1.54) is 38.3 Å². The van der Waals surface area contributed by atoms with E-state index >= 15 is 0 Å². The standard InChI is InChI=1S/C23H26ClF2N3O5S/c1-15(30)27-7-9-28(10-8-27)22(16-5-6-20(25)19(24)11-16)14-29(35(32)33)13-18-4-3-17(12-21(18)26)23(31)34-2/h3-6,11-12,22H,7-10,13-14H2,1-2H3,(H,32,33). The van der Waals surface area contributed by atoms with E-state index in [0.29, 0.717) is 31.7 Å². The van der Waals surface area contributed by atoms with Crippen molar-refractivity contribution < 1.29 is 31.9 Å². The number of rotatable bonds is 8. The second-order valence-corrected chi connectivity index (χ2v) is 9.47. The zero-order chi connectivity index (χ0) is 25.7. The van der Waals surface area contributed by atoms with Crippen molar-refractivity contribution in [1.82, 2.24) is 14.1 Å². The lowest BCUT2D eigenvalue weighted by Crippen LogP contribution is -2.51. The van der Waals surface area contributed by atoms with Crippen molar-refractivity contribution >= 4 is 34.7 Å². The number of amides is 1. The van der Waals surface area contributed by atoms with Gasteiger partial charge in [0, 0.05) is 57.8 Å². The molecule has 1 N–H and O–H groups in total. The lowest BCUT2D eigenvalue weighted by molar-refractivity contribution is -0.130. The van der Waals surface area contributed by atoms with Crippen LogP contribution >= 0.6 is 11.6 Å². The third-order valence-electron chi connectivity index (χ3n) is 5.95. The van der Waals surface area contributed by atoms with Crippen molar-refractivity contribution in [1.29, 1.82) is 0 Å². The van der Waals surface area contributed by atoms with Gasteiger partial charge in [-0.1, -0.05) is 23.7 Å². The number of hydrogen-bond acceptors (Lipinski definition) is 5. The van der Waals surface area contributed by atoms with Crippen molar-refractivity contribution in [2.75, 3.05) is 39.8 Å². The minimum Gasteiger partial charge on any atom is -0.465 e. The zero-order valence-electron chi connectivity index (χ0n) is 19.2. The van der Waals surface area contributed by atoms with Gasteiger partial charge in [-0.25, -0.2) is 17.8 Å². The molecule has 1 aliphatic heterocycles. The van der Waals surface area contributed by atoms with Crippen LogP contribution in [0.1, 0.15) is 34.5 Å². The molecule has 1 amide bonds. The number of halogens is 3. The first-order chi connectivity index (χ1) is 16.6. The van der Waals surface area contributed by atoms with Crippen molar-refractivity contribution in [3.63, 3.8) is 0 Å². The molecule has 35 heavy (non-hydrogen) atoms. The van der Waals surface area contributed by atoms with Gasteiger partial charge in [-0.2, -0.15) is 4.31 Å². The van der Waals surface area contributed by atoms with Gasteiger partial charge >= 0.3 is 5.97 Å². The van der Waals surface area contributed by atoms with Gasteiger partial charge in [-0.15, -0.1) is 0 Å². The fourth-order valence-corrected chi connectivity index (χ4v) is 4.69. The molecule has 12 heteroatoms. The number of methoxy groups -OCH3 is 1.